The number of carbonyl (C=O) groups excluding carboxylic acids is 1. The fourth-order valence-electron chi connectivity index (χ4n) is 2.85. The van der Waals surface area contributed by atoms with Crippen LogP contribution in [0.15, 0.2) is 48.5 Å². The molecule has 0 saturated heterocycles. The van der Waals surface area contributed by atoms with Gasteiger partial charge in [-0.15, -0.1) is 5.10 Å². The predicted molar refractivity (Wildman–Crippen MR) is 92.1 cm³/mol. The lowest BCUT2D eigenvalue weighted by atomic mass is 10.1. The molecule has 3 aromatic rings. The number of ether oxygens (including phenoxy) is 1. The van der Waals surface area contributed by atoms with Crippen LogP contribution in [-0.2, 0) is 17.8 Å². The molecule has 0 bridgehead atoms. The molecular weight excluding hydrogens is 318 g/mol. The van der Waals surface area contributed by atoms with Crippen molar-refractivity contribution < 1.29 is 9.53 Å². The van der Waals surface area contributed by atoms with Crippen molar-refractivity contribution >= 4 is 11.6 Å². The van der Waals surface area contributed by atoms with Crippen molar-refractivity contribution in [1.82, 2.24) is 20.2 Å². The number of rotatable bonds is 6. The zero-order valence-corrected chi connectivity index (χ0v) is 13.6. The summed E-state index contributed by atoms with van der Waals surface area (Å²) in [6.45, 7) is 1.22. The van der Waals surface area contributed by atoms with Gasteiger partial charge in [0.1, 0.15) is 5.75 Å². The van der Waals surface area contributed by atoms with E-state index in [4.69, 9.17) is 4.74 Å². The summed E-state index contributed by atoms with van der Waals surface area (Å²) >= 11 is 0. The minimum absolute atomic E-state index is 0.0271. The van der Waals surface area contributed by atoms with E-state index in [1.165, 1.54) is 0 Å². The lowest BCUT2D eigenvalue weighted by Gasteiger charge is -2.08. The number of nitrogens with zero attached hydrogens (tertiary/aromatic N) is 4. The Morgan fingerprint density at radius 3 is 2.92 bits per heavy atom. The van der Waals surface area contributed by atoms with E-state index in [-0.39, 0.29) is 5.91 Å². The fourth-order valence-corrected chi connectivity index (χ4v) is 2.85. The van der Waals surface area contributed by atoms with Gasteiger partial charge in [0.15, 0.2) is 5.82 Å². The van der Waals surface area contributed by atoms with Gasteiger partial charge in [-0.3, -0.25) is 4.79 Å². The molecule has 2 aromatic carbocycles. The van der Waals surface area contributed by atoms with E-state index < -0.39 is 0 Å². The Bertz CT molecular complexity index is 891. The first kappa shape index (κ1) is 15.3. The Balaban J connectivity index is 1.33. The van der Waals surface area contributed by atoms with Crippen molar-refractivity contribution in [2.75, 3.05) is 11.9 Å². The van der Waals surface area contributed by atoms with E-state index in [0.717, 1.165) is 34.8 Å². The lowest BCUT2D eigenvalue weighted by Crippen LogP contribution is -2.07. The van der Waals surface area contributed by atoms with Crippen molar-refractivity contribution in [3.63, 3.8) is 0 Å². The number of amides is 1. The minimum Gasteiger partial charge on any atom is -0.494 e. The van der Waals surface area contributed by atoms with Crippen molar-refractivity contribution in [3.05, 3.63) is 54.1 Å². The van der Waals surface area contributed by atoms with E-state index in [2.05, 4.69) is 20.8 Å². The quantitative estimate of drug-likeness (QED) is 0.699. The SMILES string of the molecule is O=C1Cc2cc(OCCCn3nnnc3-c3ccccc3)ccc2N1. The van der Waals surface area contributed by atoms with Crippen molar-refractivity contribution in [3.8, 4) is 17.1 Å². The van der Waals surface area contributed by atoms with E-state index in [9.17, 15) is 4.79 Å². The normalized spacial score (nSPS) is 12.7. The van der Waals surface area contributed by atoms with Crippen molar-refractivity contribution in [1.29, 1.82) is 0 Å². The first-order valence-corrected chi connectivity index (χ1v) is 8.17. The fraction of sp³-hybridized carbons (Fsp3) is 0.222. The Morgan fingerprint density at radius 1 is 1.16 bits per heavy atom. The van der Waals surface area contributed by atoms with Crippen LogP contribution in [0.5, 0.6) is 5.75 Å². The molecule has 0 saturated carbocycles. The molecule has 7 nitrogen and oxygen atoms in total. The summed E-state index contributed by atoms with van der Waals surface area (Å²) in [5.41, 5.74) is 2.84. The first-order valence-electron chi connectivity index (χ1n) is 8.17. The predicted octanol–water partition coefficient (Wildman–Crippen LogP) is 2.30. The number of fused-ring (bicyclic) bond motifs is 1. The van der Waals surface area contributed by atoms with E-state index in [0.29, 0.717) is 19.6 Å². The van der Waals surface area contributed by atoms with Crippen molar-refractivity contribution in [2.24, 2.45) is 0 Å². The highest BCUT2D eigenvalue weighted by Crippen LogP contribution is 2.27. The molecule has 0 unspecified atom stereocenters. The third-order valence-electron chi connectivity index (χ3n) is 4.05. The van der Waals surface area contributed by atoms with Gasteiger partial charge in [-0.2, -0.15) is 0 Å². The third-order valence-corrected chi connectivity index (χ3v) is 4.05. The third kappa shape index (κ3) is 3.35. The molecule has 0 atom stereocenters. The number of benzene rings is 2. The summed E-state index contributed by atoms with van der Waals surface area (Å²) in [5.74, 6) is 1.55. The van der Waals surface area contributed by atoms with E-state index >= 15 is 0 Å². The summed E-state index contributed by atoms with van der Waals surface area (Å²) < 4.78 is 7.57. The standard InChI is InChI=1S/C18H17N5O2/c24-17-12-14-11-15(7-8-16(14)19-17)25-10-4-9-23-18(20-21-22-23)13-5-2-1-3-6-13/h1-3,5-8,11H,4,9-10,12H2,(H,19,24). The summed E-state index contributed by atoms with van der Waals surface area (Å²) in [5, 5.41) is 14.7. The van der Waals surface area contributed by atoms with Crippen LogP contribution in [0.4, 0.5) is 5.69 Å². The zero-order chi connectivity index (χ0) is 17.1. The molecule has 0 spiro atoms. The molecule has 0 fully saturated rings. The number of carbonyl (C=O) groups is 1. The van der Waals surface area contributed by atoms with Gasteiger partial charge in [-0.1, -0.05) is 30.3 Å². The maximum Gasteiger partial charge on any atom is 0.228 e. The molecule has 1 amide bonds. The Morgan fingerprint density at radius 2 is 2.04 bits per heavy atom. The molecule has 1 aromatic heterocycles. The monoisotopic (exact) mass is 335 g/mol. The van der Waals surface area contributed by atoms with Crippen LogP contribution < -0.4 is 10.1 Å². The summed E-state index contributed by atoms with van der Waals surface area (Å²) in [4.78, 5) is 11.4. The summed E-state index contributed by atoms with van der Waals surface area (Å²) in [7, 11) is 0. The van der Waals surface area contributed by atoms with Crippen LogP contribution in [0.2, 0.25) is 0 Å². The molecule has 1 aliphatic rings. The van der Waals surface area contributed by atoms with Crippen molar-refractivity contribution in [2.45, 2.75) is 19.4 Å². The zero-order valence-electron chi connectivity index (χ0n) is 13.6. The molecule has 0 aliphatic carbocycles. The lowest BCUT2D eigenvalue weighted by molar-refractivity contribution is -0.115. The second-order valence-electron chi connectivity index (χ2n) is 5.84. The average Bonchev–Trinajstić information content (AvgIpc) is 3.24. The van der Waals surface area contributed by atoms with Gasteiger partial charge in [-0.05, 0) is 34.2 Å². The first-order chi connectivity index (χ1) is 12.3. The smallest absolute Gasteiger partial charge is 0.228 e. The summed E-state index contributed by atoms with van der Waals surface area (Å²) in [6.07, 6.45) is 1.19. The van der Waals surface area contributed by atoms with Gasteiger partial charge in [0.25, 0.3) is 0 Å². The highest BCUT2D eigenvalue weighted by atomic mass is 16.5. The number of hydrogen-bond acceptors (Lipinski definition) is 5. The maximum atomic E-state index is 11.4. The second-order valence-corrected chi connectivity index (χ2v) is 5.84. The molecule has 1 N–H and O–H groups in total. The molecule has 1 aliphatic heterocycles. The number of hydrogen-bond donors (Lipinski definition) is 1. The molecule has 25 heavy (non-hydrogen) atoms. The van der Waals surface area contributed by atoms with Crippen LogP contribution in [0.1, 0.15) is 12.0 Å². The maximum absolute atomic E-state index is 11.4. The highest BCUT2D eigenvalue weighted by Gasteiger charge is 2.17. The molecule has 2 heterocycles. The number of tetrazole rings is 1. The van der Waals surface area contributed by atoms with E-state index in [1.807, 2.05) is 48.5 Å². The Labute approximate surface area is 144 Å². The second kappa shape index (κ2) is 6.72. The largest absolute Gasteiger partial charge is 0.494 e. The Hall–Kier alpha value is -3.22. The number of nitrogens with one attached hydrogen (secondary N) is 1. The molecular formula is C18H17N5O2. The van der Waals surface area contributed by atoms with Gasteiger partial charge < -0.3 is 10.1 Å². The molecule has 7 heteroatoms. The highest BCUT2D eigenvalue weighted by molar-refractivity contribution is 5.99. The molecule has 4 rings (SSSR count). The van der Waals surface area contributed by atoms with E-state index in [1.54, 1.807) is 4.68 Å². The minimum atomic E-state index is 0.0271. The topological polar surface area (TPSA) is 81.9 Å². The van der Waals surface area contributed by atoms with Gasteiger partial charge >= 0.3 is 0 Å². The van der Waals surface area contributed by atoms with Gasteiger partial charge in [-0.25, -0.2) is 4.68 Å². The average molecular weight is 335 g/mol. The van der Waals surface area contributed by atoms with Crippen LogP contribution in [0.25, 0.3) is 11.4 Å². The summed E-state index contributed by atoms with van der Waals surface area (Å²) in [6, 6.07) is 15.5. The van der Waals surface area contributed by atoms with Crippen LogP contribution in [0, 0.1) is 0 Å². The number of aromatic nitrogens is 4. The van der Waals surface area contributed by atoms with Crippen LogP contribution in [0.3, 0.4) is 0 Å². The number of anilines is 1. The number of aryl methyl sites for hydroxylation is 1. The van der Waals surface area contributed by atoms with Gasteiger partial charge in [0, 0.05) is 24.2 Å². The Kier molecular flexibility index (Phi) is 4.12. The molecule has 0 radical (unpaired) electrons. The van der Waals surface area contributed by atoms with Gasteiger partial charge in [0.2, 0.25) is 5.91 Å². The molecule has 126 valence electrons. The van der Waals surface area contributed by atoms with Crippen LogP contribution >= 0.6 is 0 Å². The van der Waals surface area contributed by atoms with Gasteiger partial charge in [0.05, 0.1) is 13.0 Å². The van der Waals surface area contributed by atoms with Crippen LogP contribution in [-0.4, -0.2) is 32.7 Å².